The highest BCUT2D eigenvalue weighted by molar-refractivity contribution is 6.22. The Balaban J connectivity index is 1.53. The lowest BCUT2D eigenvalue weighted by Crippen LogP contribution is -2.49. The Labute approximate surface area is 186 Å². The van der Waals surface area contributed by atoms with E-state index in [2.05, 4.69) is 5.32 Å². The molecule has 0 unspecified atom stereocenters. The van der Waals surface area contributed by atoms with Crippen molar-refractivity contribution < 1.29 is 28.7 Å². The molecule has 2 aromatic rings. The molecule has 8 nitrogen and oxygen atoms in total. The molecule has 32 heavy (non-hydrogen) atoms. The van der Waals surface area contributed by atoms with Gasteiger partial charge in [0.2, 0.25) is 0 Å². The average Bonchev–Trinajstić information content (AvgIpc) is 3.03. The van der Waals surface area contributed by atoms with Gasteiger partial charge in [0.05, 0.1) is 18.2 Å². The molecule has 0 bridgehead atoms. The highest BCUT2D eigenvalue weighted by atomic mass is 16.5. The minimum absolute atomic E-state index is 0.257. The molecule has 1 N–H and O–H groups in total. The van der Waals surface area contributed by atoms with Gasteiger partial charge in [-0.05, 0) is 42.2 Å². The Morgan fingerprint density at radius 2 is 1.56 bits per heavy atom. The van der Waals surface area contributed by atoms with Gasteiger partial charge in [0.25, 0.3) is 17.7 Å². The largest absolute Gasteiger partial charge is 0.497 e. The molecule has 0 spiro atoms. The second kappa shape index (κ2) is 10.1. The van der Waals surface area contributed by atoms with Crippen LogP contribution in [-0.4, -0.2) is 54.9 Å². The summed E-state index contributed by atoms with van der Waals surface area (Å²) in [4.78, 5) is 51.2. The number of fused-ring (bicyclic) bond motifs is 1. The standard InChI is InChI=1S/C24H26N2O6/c1-15(2)21(26-22(28)18-6-4-5-7-19(18)23(26)29)24(30)32-14-20(27)25-13-12-16-8-10-17(31-3)11-9-16/h4-11,15,21H,12-14H2,1-3H3,(H,25,27)/t21-/m1/s1. The van der Waals surface area contributed by atoms with Crippen molar-refractivity contribution in [3.05, 3.63) is 65.2 Å². The predicted molar refractivity (Wildman–Crippen MR) is 116 cm³/mol. The van der Waals surface area contributed by atoms with Crippen LogP contribution in [0.3, 0.4) is 0 Å². The van der Waals surface area contributed by atoms with Crippen LogP contribution in [0.5, 0.6) is 5.75 Å². The second-order valence-electron chi connectivity index (χ2n) is 7.77. The minimum atomic E-state index is -1.12. The first-order valence-corrected chi connectivity index (χ1v) is 10.4. The lowest BCUT2D eigenvalue weighted by Gasteiger charge is -2.27. The number of carbonyl (C=O) groups is 4. The van der Waals surface area contributed by atoms with Gasteiger partial charge in [-0.1, -0.05) is 38.1 Å². The molecular formula is C24H26N2O6. The topological polar surface area (TPSA) is 102 Å². The highest BCUT2D eigenvalue weighted by Crippen LogP contribution is 2.27. The van der Waals surface area contributed by atoms with E-state index in [0.717, 1.165) is 16.2 Å². The third-order valence-electron chi connectivity index (χ3n) is 5.22. The Morgan fingerprint density at radius 1 is 0.969 bits per heavy atom. The number of amides is 3. The van der Waals surface area contributed by atoms with Gasteiger partial charge in [-0.3, -0.25) is 19.3 Å². The summed E-state index contributed by atoms with van der Waals surface area (Å²) in [6, 6.07) is 12.8. The van der Waals surface area contributed by atoms with Crippen molar-refractivity contribution in [3.8, 4) is 5.75 Å². The zero-order valence-corrected chi connectivity index (χ0v) is 18.3. The molecule has 0 aliphatic carbocycles. The van der Waals surface area contributed by atoms with E-state index in [0.29, 0.717) is 13.0 Å². The van der Waals surface area contributed by atoms with E-state index >= 15 is 0 Å². The fraction of sp³-hybridized carbons (Fsp3) is 0.333. The maximum atomic E-state index is 12.7. The Morgan fingerprint density at radius 3 is 2.09 bits per heavy atom. The molecule has 2 aromatic carbocycles. The lowest BCUT2D eigenvalue weighted by atomic mass is 10.0. The molecule has 1 aliphatic heterocycles. The van der Waals surface area contributed by atoms with Gasteiger partial charge < -0.3 is 14.8 Å². The Kier molecular flexibility index (Phi) is 7.25. The van der Waals surface area contributed by atoms with Gasteiger partial charge in [-0.25, -0.2) is 4.79 Å². The van der Waals surface area contributed by atoms with E-state index in [9.17, 15) is 19.2 Å². The Hall–Kier alpha value is -3.68. The summed E-state index contributed by atoms with van der Waals surface area (Å²) in [7, 11) is 1.59. The van der Waals surface area contributed by atoms with Crippen LogP contribution in [0.15, 0.2) is 48.5 Å². The van der Waals surface area contributed by atoms with Crippen LogP contribution in [0.4, 0.5) is 0 Å². The first-order chi connectivity index (χ1) is 15.3. The first kappa shape index (κ1) is 23.0. The molecule has 0 aromatic heterocycles. The Bertz CT molecular complexity index is 980. The predicted octanol–water partition coefficient (Wildman–Crippen LogP) is 2.22. The zero-order valence-electron chi connectivity index (χ0n) is 18.3. The number of imide groups is 1. The molecule has 3 amide bonds. The molecule has 0 radical (unpaired) electrons. The summed E-state index contributed by atoms with van der Waals surface area (Å²) < 4.78 is 10.3. The van der Waals surface area contributed by atoms with Gasteiger partial charge in [0.1, 0.15) is 11.8 Å². The first-order valence-electron chi connectivity index (χ1n) is 10.4. The zero-order chi connectivity index (χ0) is 23.3. The van der Waals surface area contributed by atoms with Crippen molar-refractivity contribution >= 4 is 23.7 Å². The molecule has 0 fully saturated rings. The summed E-state index contributed by atoms with van der Waals surface area (Å²) in [5.41, 5.74) is 1.54. The van der Waals surface area contributed by atoms with Gasteiger partial charge in [-0.2, -0.15) is 0 Å². The number of ether oxygens (including phenoxy) is 2. The number of carbonyl (C=O) groups excluding carboxylic acids is 4. The number of esters is 1. The van der Waals surface area contributed by atoms with Crippen LogP contribution in [-0.2, 0) is 20.7 Å². The van der Waals surface area contributed by atoms with Gasteiger partial charge in [0, 0.05) is 6.54 Å². The maximum absolute atomic E-state index is 12.7. The van der Waals surface area contributed by atoms with Crippen LogP contribution >= 0.6 is 0 Å². The van der Waals surface area contributed by atoms with E-state index in [1.807, 2.05) is 24.3 Å². The van der Waals surface area contributed by atoms with Crippen LogP contribution < -0.4 is 10.1 Å². The van der Waals surface area contributed by atoms with Crippen molar-refractivity contribution in [1.82, 2.24) is 10.2 Å². The van der Waals surface area contributed by atoms with E-state index in [-0.39, 0.29) is 17.0 Å². The molecule has 1 heterocycles. The smallest absolute Gasteiger partial charge is 0.330 e. The van der Waals surface area contributed by atoms with E-state index in [1.165, 1.54) is 0 Å². The lowest BCUT2D eigenvalue weighted by molar-refractivity contribution is -0.153. The number of hydrogen-bond acceptors (Lipinski definition) is 6. The fourth-order valence-electron chi connectivity index (χ4n) is 3.55. The van der Waals surface area contributed by atoms with Gasteiger partial charge in [0.15, 0.2) is 6.61 Å². The average molecular weight is 438 g/mol. The molecule has 3 rings (SSSR count). The quantitative estimate of drug-likeness (QED) is 0.476. The van der Waals surface area contributed by atoms with E-state index in [1.54, 1.807) is 45.2 Å². The summed E-state index contributed by atoms with van der Waals surface area (Å²) in [6.45, 7) is 3.30. The summed E-state index contributed by atoms with van der Waals surface area (Å²) in [5.74, 6) is -1.96. The molecular weight excluding hydrogens is 412 g/mol. The SMILES string of the molecule is COc1ccc(CCNC(=O)COC(=O)[C@@H](C(C)C)N2C(=O)c3ccccc3C2=O)cc1. The second-order valence-corrected chi connectivity index (χ2v) is 7.77. The minimum Gasteiger partial charge on any atom is -0.497 e. The van der Waals surface area contributed by atoms with Crippen molar-refractivity contribution in [2.45, 2.75) is 26.3 Å². The molecule has 0 saturated heterocycles. The highest BCUT2D eigenvalue weighted by Gasteiger charge is 2.44. The molecule has 0 saturated carbocycles. The molecule has 8 heteroatoms. The van der Waals surface area contributed by atoms with E-state index < -0.39 is 36.3 Å². The summed E-state index contributed by atoms with van der Waals surface area (Å²) >= 11 is 0. The van der Waals surface area contributed by atoms with Crippen molar-refractivity contribution in [2.75, 3.05) is 20.3 Å². The number of methoxy groups -OCH3 is 1. The van der Waals surface area contributed by atoms with Crippen LogP contribution in [0.1, 0.15) is 40.1 Å². The molecule has 1 aliphatic rings. The van der Waals surface area contributed by atoms with Crippen molar-refractivity contribution in [1.29, 1.82) is 0 Å². The molecule has 168 valence electrons. The van der Waals surface area contributed by atoms with Crippen LogP contribution in [0.2, 0.25) is 0 Å². The summed E-state index contributed by atoms with van der Waals surface area (Å²) in [5, 5.41) is 2.69. The van der Waals surface area contributed by atoms with Crippen molar-refractivity contribution in [3.63, 3.8) is 0 Å². The third kappa shape index (κ3) is 4.96. The normalized spacial score (nSPS) is 13.7. The van der Waals surface area contributed by atoms with Crippen molar-refractivity contribution in [2.24, 2.45) is 5.92 Å². The van der Waals surface area contributed by atoms with Crippen LogP contribution in [0, 0.1) is 5.92 Å². The number of nitrogens with zero attached hydrogens (tertiary/aromatic N) is 1. The number of nitrogens with one attached hydrogen (secondary N) is 1. The fourth-order valence-corrected chi connectivity index (χ4v) is 3.55. The monoisotopic (exact) mass is 438 g/mol. The van der Waals surface area contributed by atoms with Gasteiger partial charge in [-0.15, -0.1) is 0 Å². The molecule has 1 atom stereocenters. The third-order valence-corrected chi connectivity index (χ3v) is 5.22. The summed E-state index contributed by atoms with van der Waals surface area (Å²) in [6.07, 6.45) is 0.605. The van der Waals surface area contributed by atoms with Gasteiger partial charge >= 0.3 is 5.97 Å². The number of hydrogen-bond donors (Lipinski definition) is 1. The number of benzene rings is 2. The van der Waals surface area contributed by atoms with Crippen LogP contribution in [0.25, 0.3) is 0 Å². The maximum Gasteiger partial charge on any atom is 0.330 e. The number of rotatable bonds is 9. The van der Waals surface area contributed by atoms with E-state index in [4.69, 9.17) is 9.47 Å².